The van der Waals surface area contributed by atoms with Crippen LogP contribution in [0.3, 0.4) is 0 Å². The minimum Gasteiger partial charge on any atom is -0.308 e. The Labute approximate surface area is 116 Å². The van der Waals surface area contributed by atoms with Gasteiger partial charge in [-0.1, -0.05) is 37.6 Å². The molecule has 0 heterocycles. The molecule has 0 fully saturated rings. The van der Waals surface area contributed by atoms with Gasteiger partial charge >= 0.3 is 0 Å². The highest BCUT2D eigenvalue weighted by Crippen LogP contribution is 2.19. The van der Waals surface area contributed by atoms with Crippen molar-refractivity contribution in [1.29, 1.82) is 0 Å². The predicted octanol–water partition coefficient (Wildman–Crippen LogP) is 3.58. The first kappa shape index (κ1) is 15.5. The third kappa shape index (κ3) is 4.97. The molecule has 0 saturated heterocycles. The van der Waals surface area contributed by atoms with E-state index in [0.29, 0.717) is 18.0 Å². The second-order valence-electron chi connectivity index (χ2n) is 5.56. The van der Waals surface area contributed by atoms with E-state index in [1.165, 1.54) is 5.56 Å². The molecule has 18 heavy (non-hydrogen) atoms. The molecule has 1 aromatic rings. The molecule has 0 aliphatic rings. The molecule has 0 saturated carbocycles. The monoisotopic (exact) mass is 268 g/mol. The van der Waals surface area contributed by atoms with E-state index in [0.717, 1.165) is 11.6 Å². The van der Waals surface area contributed by atoms with Crippen molar-refractivity contribution in [3.8, 4) is 0 Å². The molecular formula is C15H25ClN2. The summed E-state index contributed by atoms with van der Waals surface area (Å²) in [5, 5.41) is 4.49. The van der Waals surface area contributed by atoms with Crippen LogP contribution in [0.25, 0.3) is 0 Å². The van der Waals surface area contributed by atoms with Gasteiger partial charge in [0.15, 0.2) is 0 Å². The number of likely N-dealkylation sites (N-methyl/N-ethyl adjacent to an activating group) is 1. The maximum Gasteiger partial charge on any atom is 0.0409 e. The lowest BCUT2D eigenvalue weighted by Gasteiger charge is -2.29. The molecule has 0 aromatic heterocycles. The smallest absolute Gasteiger partial charge is 0.0409 e. The molecule has 0 aliphatic heterocycles. The van der Waals surface area contributed by atoms with E-state index in [1.54, 1.807) is 0 Å². The largest absolute Gasteiger partial charge is 0.308 e. The van der Waals surface area contributed by atoms with Gasteiger partial charge in [-0.15, -0.1) is 0 Å². The second-order valence-corrected chi connectivity index (χ2v) is 5.99. The van der Waals surface area contributed by atoms with Crippen molar-refractivity contribution in [2.75, 3.05) is 20.6 Å². The number of hydrogen-bond donors (Lipinski definition) is 1. The summed E-state index contributed by atoms with van der Waals surface area (Å²) in [6.45, 7) is 7.75. The zero-order valence-electron chi connectivity index (χ0n) is 12.1. The molecular weight excluding hydrogens is 244 g/mol. The summed E-state index contributed by atoms with van der Waals surface area (Å²) < 4.78 is 0. The zero-order valence-corrected chi connectivity index (χ0v) is 12.8. The van der Waals surface area contributed by atoms with E-state index in [9.17, 15) is 0 Å². The number of hydrogen-bond acceptors (Lipinski definition) is 2. The molecule has 102 valence electrons. The molecule has 3 heteroatoms. The Bertz CT molecular complexity index is 363. The number of nitrogens with one attached hydrogen (secondary N) is 1. The Kier molecular flexibility index (Phi) is 6.13. The van der Waals surface area contributed by atoms with Crippen LogP contribution in [0.2, 0.25) is 5.02 Å². The van der Waals surface area contributed by atoms with Crippen LogP contribution in [0, 0.1) is 5.92 Å². The fourth-order valence-electron chi connectivity index (χ4n) is 2.04. The van der Waals surface area contributed by atoms with E-state index >= 15 is 0 Å². The maximum atomic E-state index is 6.04. The molecule has 0 amide bonds. The standard InChI is InChI=1S/C15H25ClN2/c1-11(2)15(10-18(4)5)17-12(3)13-7-6-8-14(16)9-13/h6-9,11-12,15,17H,10H2,1-5H3. The molecule has 0 aliphatic carbocycles. The summed E-state index contributed by atoms with van der Waals surface area (Å²) in [5.41, 5.74) is 1.24. The fraction of sp³-hybridized carbons (Fsp3) is 0.600. The van der Waals surface area contributed by atoms with Crippen LogP contribution in [0.15, 0.2) is 24.3 Å². The number of nitrogens with zero attached hydrogens (tertiary/aromatic N) is 1. The zero-order chi connectivity index (χ0) is 13.7. The number of benzene rings is 1. The lowest BCUT2D eigenvalue weighted by Crippen LogP contribution is -2.43. The molecule has 1 N–H and O–H groups in total. The third-order valence-corrected chi connectivity index (χ3v) is 3.41. The molecule has 2 nitrogen and oxygen atoms in total. The molecule has 1 aromatic carbocycles. The van der Waals surface area contributed by atoms with Gasteiger partial charge in [0.25, 0.3) is 0 Å². The van der Waals surface area contributed by atoms with E-state index in [-0.39, 0.29) is 0 Å². The van der Waals surface area contributed by atoms with Gasteiger partial charge < -0.3 is 10.2 Å². The van der Waals surface area contributed by atoms with Crippen LogP contribution in [-0.4, -0.2) is 31.6 Å². The average molecular weight is 269 g/mol. The van der Waals surface area contributed by atoms with Crippen LogP contribution >= 0.6 is 11.6 Å². The van der Waals surface area contributed by atoms with Crippen molar-refractivity contribution < 1.29 is 0 Å². The van der Waals surface area contributed by atoms with Crippen LogP contribution in [0.4, 0.5) is 0 Å². The van der Waals surface area contributed by atoms with Crippen molar-refractivity contribution >= 4 is 11.6 Å². The van der Waals surface area contributed by atoms with Gasteiger partial charge in [-0.2, -0.15) is 0 Å². The first-order valence-corrected chi connectivity index (χ1v) is 6.94. The minimum atomic E-state index is 0.316. The third-order valence-electron chi connectivity index (χ3n) is 3.18. The summed E-state index contributed by atoms with van der Waals surface area (Å²) in [6, 6.07) is 8.87. The summed E-state index contributed by atoms with van der Waals surface area (Å²) in [5.74, 6) is 0.606. The Morgan fingerprint density at radius 2 is 1.89 bits per heavy atom. The van der Waals surface area contributed by atoms with Crippen LogP contribution < -0.4 is 5.32 Å². The number of rotatable bonds is 6. The molecule has 2 atom stereocenters. The molecule has 2 unspecified atom stereocenters. The Hall–Kier alpha value is -0.570. The molecule has 0 radical (unpaired) electrons. The lowest BCUT2D eigenvalue weighted by atomic mass is 10.0. The topological polar surface area (TPSA) is 15.3 Å². The summed E-state index contributed by atoms with van der Waals surface area (Å²) in [4.78, 5) is 2.22. The van der Waals surface area contributed by atoms with E-state index in [4.69, 9.17) is 11.6 Å². The maximum absolute atomic E-state index is 6.04. The van der Waals surface area contributed by atoms with Crippen LogP contribution in [-0.2, 0) is 0 Å². The highest BCUT2D eigenvalue weighted by molar-refractivity contribution is 6.30. The summed E-state index contributed by atoms with van der Waals surface area (Å²) in [6.07, 6.45) is 0. The van der Waals surface area contributed by atoms with Crippen molar-refractivity contribution in [3.63, 3.8) is 0 Å². The van der Waals surface area contributed by atoms with Gasteiger partial charge in [0, 0.05) is 23.7 Å². The molecule has 0 bridgehead atoms. The van der Waals surface area contributed by atoms with Crippen molar-refractivity contribution in [2.24, 2.45) is 5.92 Å². The lowest BCUT2D eigenvalue weighted by molar-refractivity contribution is 0.273. The number of halogens is 1. The summed E-state index contributed by atoms with van der Waals surface area (Å²) >= 11 is 6.04. The Morgan fingerprint density at radius 3 is 2.39 bits per heavy atom. The van der Waals surface area contributed by atoms with Crippen molar-refractivity contribution in [3.05, 3.63) is 34.9 Å². The highest BCUT2D eigenvalue weighted by Gasteiger charge is 2.17. The minimum absolute atomic E-state index is 0.316. The second kappa shape index (κ2) is 7.13. The van der Waals surface area contributed by atoms with Crippen molar-refractivity contribution in [1.82, 2.24) is 10.2 Å². The normalized spacial score (nSPS) is 15.1. The van der Waals surface area contributed by atoms with E-state index < -0.39 is 0 Å². The SMILES string of the molecule is CC(NC(CN(C)C)C(C)C)c1cccc(Cl)c1. The van der Waals surface area contributed by atoms with Gasteiger partial charge in [-0.05, 0) is 44.6 Å². The summed E-state index contributed by atoms with van der Waals surface area (Å²) in [7, 11) is 4.22. The first-order valence-electron chi connectivity index (χ1n) is 6.56. The van der Waals surface area contributed by atoms with Crippen molar-refractivity contribution in [2.45, 2.75) is 32.9 Å². The quantitative estimate of drug-likeness (QED) is 0.848. The molecule has 1 rings (SSSR count). The van der Waals surface area contributed by atoms with E-state index in [2.05, 4.69) is 51.1 Å². The van der Waals surface area contributed by atoms with Gasteiger partial charge in [0.05, 0.1) is 0 Å². The Morgan fingerprint density at radius 1 is 1.22 bits per heavy atom. The average Bonchev–Trinajstić information content (AvgIpc) is 2.27. The van der Waals surface area contributed by atoms with Gasteiger partial charge in [0.1, 0.15) is 0 Å². The predicted molar refractivity (Wildman–Crippen MR) is 80.2 cm³/mol. The fourth-order valence-corrected chi connectivity index (χ4v) is 2.24. The van der Waals surface area contributed by atoms with Gasteiger partial charge in [-0.3, -0.25) is 0 Å². The van der Waals surface area contributed by atoms with Crippen LogP contribution in [0.1, 0.15) is 32.4 Å². The Balaban J connectivity index is 2.69. The van der Waals surface area contributed by atoms with Gasteiger partial charge in [-0.25, -0.2) is 0 Å². The van der Waals surface area contributed by atoms with Crippen LogP contribution in [0.5, 0.6) is 0 Å². The first-order chi connectivity index (χ1) is 8.40. The molecule has 0 spiro atoms. The highest BCUT2D eigenvalue weighted by atomic mass is 35.5. The van der Waals surface area contributed by atoms with E-state index in [1.807, 2.05) is 18.2 Å². The van der Waals surface area contributed by atoms with Gasteiger partial charge in [0.2, 0.25) is 0 Å².